The summed E-state index contributed by atoms with van der Waals surface area (Å²) in [5, 5.41) is 2.93. The SMILES string of the molecule is CCCCCCC(=O)Nc1ccc([C@@H]2SCC(=O)N2c2ccccc2)cc1. The van der Waals surface area contributed by atoms with Crippen molar-refractivity contribution in [2.24, 2.45) is 0 Å². The number of para-hydroxylation sites is 1. The highest BCUT2D eigenvalue weighted by atomic mass is 32.2. The van der Waals surface area contributed by atoms with E-state index in [0.29, 0.717) is 12.2 Å². The van der Waals surface area contributed by atoms with Gasteiger partial charge in [0.15, 0.2) is 0 Å². The van der Waals surface area contributed by atoms with Crippen LogP contribution in [0.5, 0.6) is 0 Å². The van der Waals surface area contributed by atoms with Crippen LogP contribution in [-0.2, 0) is 9.59 Å². The van der Waals surface area contributed by atoms with E-state index < -0.39 is 0 Å². The van der Waals surface area contributed by atoms with Gasteiger partial charge in [-0.15, -0.1) is 11.8 Å². The molecule has 2 aromatic rings. The maximum Gasteiger partial charge on any atom is 0.238 e. The van der Waals surface area contributed by atoms with Gasteiger partial charge in [0, 0.05) is 17.8 Å². The molecule has 0 unspecified atom stereocenters. The minimum absolute atomic E-state index is 0.0290. The molecule has 27 heavy (non-hydrogen) atoms. The van der Waals surface area contributed by atoms with E-state index in [1.807, 2.05) is 59.5 Å². The molecule has 2 aromatic carbocycles. The number of anilines is 2. The summed E-state index contributed by atoms with van der Waals surface area (Å²) >= 11 is 1.63. The van der Waals surface area contributed by atoms with Crippen LogP contribution < -0.4 is 10.2 Å². The molecule has 0 saturated carbocycles. The molecule has 2 amide bonds. The molecule has 1 fully saturated rings. The highest BCUT2D eigenvalue weighted by Gasteiger charge is 2.33. The van der Waals surface area contributed by atoms with E-state index in [0.717, 1.165) is 29.8 Å². The Morgan fingerprint density at radius 2 is 1.81 bits per heavy atom. The Morgan fingerprint density at radius 1 is 1.07 bits per heavy atom. The number of thioether (sulfide) groups is 1. The highest BCUT2D eigenvalue weighted by Crippen LogP contribution is 2.41. The number of unbranched alkanes of at least 4 members (excludes halogenated alkanes) is 3. The van der Waals surface area contributed by atoms with Gasteiger partial charge in [-0.2, -0.15) is 0 Å². The second-order valence-electron chi connectivity index (χ2n) is 6.74. The summed E-state index contributed by atoms with van der Waals surface area (Å²) in [6, 6.07) is 17.6. The van der Waals surface area contributed by atoms with Gasteiger partial charge in [-0.25, -0.2) is 0 Å². The topological polar surface area (TPSA) is 49.4 Å². The molecule has 3 rings (SSSR count). The standard InChI is InChI=1S/C22H26N2O2S/c1-2-3-4-8-11-20(25)23-18-14-12-17(13-15-18)22-24(21(26)16-27-22)19-9-6-5-7-10-19/h5-7,9-10,12-15,22H,2-4,8,11,16H2,1H3,(H,23,25)/t22-/m0/s1. The Morgan fingerprint density at radius 3 is 2.52 bits per heavy atom. The van der Waals surface area contributed by atoms with Crippen LogP contribution in [0.1, 0.15) is 50.0 Å². The number of nitrogens with zero attached hydrogens (tertiary/aromatic N) is 1. The first kappa shape index (κ1) is 19.5. The number of hydrogen-bond donors (Lipinski definition) is 1. The van der Waals surface area contributed by atoms with E-state index in [4.69, 9.17) is 0 Å². The van der Waals surface area contributed by atoms with E-state index in [1.165, 1.54) is 12.8 Å². The molecular formula is C22H26N2O2S. The van der Waals surface area contributed by atoms with Gasteiger partial charge in [0.25, 0.3) is 0 Å². The van der Waals surface area contributed by atoms with Gasteiger partial charge in [-0.3, -0.25) is 14.5 Å². The highest BCUT2D eigenvalue weighted by molar-refractivity contribution is 8.00. The minimum Gasteiger partial charge on any atom is -0.326 e. The zero-order valence-corrected chi connectivity index (χ0v) is 16.5. The lowest BCUT2D eigenvalue weighted by molar-refractivity contribution is -0.116. The van der Waals surface area contributed by atoms with Crippen molar-refractivity contribution < 1.29 is 9.59 Å². The van der Waals surface area contributed by atoms with Gasteiger partial charge in [-0.05, 0) is 36.2 Å². The third-order valence-electron chi connectivity index (χ3n) is 4.64. The molecule has 5 heteroatoms. The summed E-state index contributed by atoms with van der Waals surface area (Å²) in [4.78, 5) is 26.2. The summed E-state index contributed by atoms with van der Waals surface area (Å²) in [6.45, 7) is 2.16. The molecule has 1 saturated heterocycles. The number of amides is 2. The van der Waals surface area contributed by atoms with E-state index in [1.54, 1.807) is 11.8 Å². The fourth-order valence-corrected chi connectivity index (χ4v) is 4.38. The summed E-state index contributed by atoms with van der Waals surface area (Å²) in [6.07, 6.45) is 4.95. The van der Waals surface area contributed by atoms with Crippen molar-refractivity contribution in [3.05, 3.63) is 60.2 Å². The van der Waals surface area contributed by atoms with E-state index >= 15 is 0 Å². The Kier molecular flexibility index (Phi) is 6.93. The summed E-state index contributed by atoms with van der Waals surface area (Å²) in [7, 11) is 0. The normalized spacial score (nSPS) is 16.6. The van der Waals surface area contributed by atoms with Crippen LogP contribution in [-0.4, -0.2) is 17.6 Å². The maximum absolute atomic E-state index is 12.4. The van der Waals surface area contributed by atoms with Gasteiger partial charge in [-0.1, -0.05) is 56.5 Å². The number of benzene rings is 2. The number of nitrogens with one attached hydrogen (secondary N) is 1. The predicted molar refractivity (Wildman–Crippen MR) is 113 cm³/mol. The van der Waals surface area contributed by atoms with E-state index in [-0.39, 0.29) is 17.2 Å². The smallest absolute Gasteiger partial charge is 0.238 e. The second-order valence-corrected chi connectivity index (χ2v) is 7.81. The number of hydrogen-bond acceptors (Lipinski definition) is 3. The zero-order valence-electron chi connectivity index (χ0n) is 15.7. The fourth-order valence-electron chi connectivity index (χ4n) is 3.21. The van der Waals surface area contributed by atoms with Gasteiger partial charge >= 0.3 is 0 Å². The van der Waals surface area contributed by atoms with Gasteiger partial charge in [0.1, 0.15) is 5.37 Å². The van der Waals surface area contributed by atoms with Gasteiger partial charge < -0.3 is 5.32 Å². The lowest BCUT2D eigenvalue weighted by Gasteiger charge is -2.24. The van der Waals surface area contributed by atoms with Crippen LogP contribution in [0.25, 0.3) is 0 Å². The molecule has 0 bridgehead atoms. The van der Waals surface area contributed by atoms with Crippen molar-refractivity contribution >= 4 is 35.0 Å². The first-order valence-electron chi connectivity index (χ1n) is 9.57. The van der Waals surface area contributed by atoms with E-state index in [2.05, 4.69) is 12.2 Å². The molecule has 0 aromatic heterocycles. The molecule has 1 N–H and O–H groups in total. The molecular weight excluding hydrogens is 356 g/mol. The largest absolute Gasteiger partial charge is 0.326 e. The molecule has 1 atom stereocenters. The maximum atomic E-state index is 12.4. The molecule has 1 heterocycles. The first-order chi connectivity index (χ1) is 13.2. The summed E-state index contributed by atoms with van der Waals surface area (Å²) in [5.74, 6) is 0.673. The summed E-state index contributed by atoms with van der Waals surface area (Å²) in [5.41, 5.74) is 2.79. The van der Waals surface area contributed by atoms with Gasteiger partial charge in [0.05, 0.1) is 5.75 Å². The third kappa shape index (κ3) is 5.13. The molecule has 0 aliphatic carbocycles. The quantitative estimate of drug-likeness (QED) is 0.624. The molecule has 0 spiro atoms. The van der Waals surface area contributed by atoms with Crippen LogP contribution in [0.4, 0.5) is 11.4 Å². The first-order valence-corrected chi connectivity index (χ1v) is 10.6. The lowest BCUT2D eigenvalue weighted by Crippen LogP contribution is -2.27. The zero-order chi connectivity index (χ0) is 19.1. The summed E-state index contributed by atoms with van der Waals surface area (Å²) < 4.78 is 0. The van der Waals surface area contributed by atoms with Crippen molar-refractivity contribution in [1.82, 2.24) is 0 Å². The van der Waals surface area contributed by atoms with Crippen molar-refractivity contribution in [3.63, 3.8) is 0 Å². The van der Waals surface area contributed by atoms with Crippen LogP contribution in [0, 0.1) is 0 Å². The van der Waals surface area contributed by atoms with Crippen molar-refractivity contribution in [1.29, 1.82) is 0 Å². The molecule has 4 nitrogen and oxygen atoms in total. The van der Waals surface area contributed by atoms with Crippen LogP contribution in [0.15, 0.2) is 54.6 Å². The number of rotatable bonds is 8. The third-order valence-corrected chi connectivity index (χ3v) is 5.85. The monoisotopic (exact) mass is 382 g/mol. The molecule has 1 aliphatic rings. The fraction of sp³-hybridized carbons (Fsp3) is 0.364. The molecule has 142 valence electrons. The lowest BCUT2D eigenvalue weighted by atomic mass is 10.1. The van der Waals surface area contributed by atoms with Gasteiger partial charge in [0.2, 0.25) is 11.8 Å². The van der Waals surface area contributed by atoms with Crippen molar-refractivity contribution in [2.45, 2.75) is 44.4 Å². The Bertz CT molecular complexity index is 762. The Balaban J connectivity index is 1.63. The molecule has 0 radical (unpaired) electrons. The van der Waals surface area contributed by atoms with E-state index in [9.17, 15) is 9.59 Å². The molecule has 1 aliphatic heterocycles. The van der Waals surface area contributed by atoms with Crippen molar-refractivity contribution in [2.75, 3.05) is 16.0 Å². The minimum atomic E-state index is -0.0290. The number of carbonyl (C=O) groups excluding carboxylic acids is 2. The van der Waals surface area contributed by atoms with Crippen molar-refractivity contribution in [3.8, 4) is 0 Å². The van der Waals surface area contributed by atoms with Crippen LogP contribution in [0.3, 0.4) is 0 Å². The average Bonchev–Trinajstić information content (AvgIpc) is 3.08. The second kappa shape index (κ2) is 9.60. The predicted octanol–water partition coefficient (Wildman–Crippen LogP) is 5.37. The van der Waals surface area contributed by atoms with Crippen LogP contribution in [0.2, 0.25) is 0 Å². The van der Waals surface area contributed by atoms with Crippen LogP contribution >= 0.6 is 11.8 Å². The average molecular weight is 383 g/mol. The Hall–Kier alpha value is -2.27. The Labute approximate surface area is 165 Å². The number of carbonyl (C=O) groups is 2.